The molecular formula is C17H24N4O5S. The molecule has 2 aliphatic rings. The second kappa shape index (κ2) is 8.32. The van der Waals surface area contributed by atoms with Gasteiger partial charge in [-0.15, -0.1) is 0 Å². The topological polar surface area (TPSA) is 122 Å². The predicted molar refractivity (Wildman–Crippen MR) is 98.6 cm³/mol. The number of rotatable bonds is 6. The summed E-state index contributed by atoms with van der Waals surface area (Å²) in [5.74, 6) is 1.18. The molecular weight excluding hydrogens is 372 g/mol. The molecule has 0 radical (unpaired) electrons. The number of carbonyl (C=O) groups is 1. The lowest BCUT2D eigenvalue weighted by Crippen LogP contribution is -2.35. The van der Waals surface area contributed by atoms with Crippen LogP contribution in [-0.2, 0) is 14.8 Å². The summed E-state index contributed by atoms with van der Waals surface area (Å²) in [5.41, 5.74) is -0.293. The van der Waals surface area contributed by atoms with Gasteiger partial charge in [-0.05, 0) is 43.8 Å². The molecule has 9 nitrogen and oxygen atoms in total. The number of hydrogen-bond acceptors (Lipinski definition) is 6. The van der Waals surface area contributed by atoms with Crippen molar-refractivity contribution in [2.75, 3.05) is 32.7 Å². The number of likely N-dealkylation sites (tertiary alicyclic amines) is 1. The highest BCUT2D eigenvalue weighted by molar-refractivity contribution is 7.89. The molecule has 1 amide bonds. The van der Waals surface area contributed by atoms with Crippen molar-refractivity contribution in [3.8, 4) is 0 Å². The fraction of sp³-hybridized carbons (Fsp3) is 0.588. The Hall–Kier alpha value is -2.04. The van der Waals surface area contributed by atoms with Gasteiger partial charge < -0.3 is 10.2 Å². The second-order valence-electron chi connectivity index (χ2n) is 7.04. The first kappa shape index (κ1) is 19.7. The van der Waals surface area contributed by atoms with Gasteiger partial charge in [0.05, 0.1) is 9.82 Å². The molecule has 1 aromatic carbocycles. The van der Waals surface area contributed by atoms with Crippen LogP contribution >= 0.6 is 0 Å². The molecule has 27 heavy (non-hydrogen) atoms. The van der Waals surface area contributed by atoms with E-state index in [-0.39, 0.29) is 29.5 Å². The minimum atomic E-state index is -3.90. The van der Waals surface area contributed by atoms with Gasteiger partial charge in [-0.1, -0.05) is 6.07 Å². The highest BCUT2D eigenvalue weighted by atomic mass is 32.2. The van der Waals surface area contributed by atoms with E-state index >= 15 is 0 Å². The molecule has 0 aromatic heterocycles. The maximum atomic E-state index is 12.4. The maximum Gasteiger partial charge on any atom is 0.270 e. The van der Waals surface area contributed by atoms with Gasteiger partial charge in [0.25, 0.3) is 5.69 Å². The smallest absolute Gasteiger partial charge is 0.270 e. The summed E-state index contributed by atoms with van der Waals surface area (Å²) in [7, 11) is -3.90. The lowest BCUT2D eigenvalue weighted by Gasteiger charge is -2.21. The van der Waals surface area contributed by atoms with Crippen LogP contribution in [0.1, 0.15) is 19.3 Å². The van der Waals surface area contributed by atoms with Crippen LogP contribution in [0.15, 0.2) is 29.2 Å². The molecule has 2 N–H and O–H groups in total. The zero-order valence-corrected chi connectivity index (χ0v) is 15.8. The Morgan fingerprint density at radius 1 is 1.26 bits per heavy atom. The molecule has 0 aliphatic carbocycles. The predicted octanol–water partition coefficient (Wildman–Crippen LogP) is 0.721. The van der Waals surface area contributed by atoms with Crippen molar-refractivity contribution >= 4 is 21.6 Å². The molecule has 3 rings (SSSR count). The van der Waals surface area contributed by atoms with E-state index in [1.165, 1.54) is 18.2 Å². The number of carbonyl (C=O) groups excluding carboxylic acids is 1. The molecule has 1 aromatic rings. The molecule has 0 unspecified atom stereocenters. The molecule has 0 bridgehead atoms. The van der Waals surface area contributed by atoms with Crippen LogP contribution in [-0.4, -0.2) is 56.9 Å². The van der Waals surface area contributed by atoms with Crippen molar-refractivity contribution in [2.24, 2.45) is 11.8 Å². The van der Waals surface area contributed by atoms with Gasteiger partial charge in [0.1, 0.15) is 0 Å². The highest BCUT2D eigenvalue weighted by Gasteiger charge is 2.31. The molecule has 0 spiro atoms. The third-order valence-electron chi connectivity index (χ3n) is 5.34. The molecule has 148 valence electrons. The Morgan fingerprint density at radius 2 is 1.93 bits per heavy atom. The number of nitro benzene ring substituents is 1. The van der Waals surface area contributed by atoms with Crippen LogP contribution in [0, 0.1) is 22.0 Å². The number of nitro groups is 1. The van der Waals surface area contributed by atoms with Crippen LogP contribution in [0.3, 0.4) is 0 Å². The van der Waals surface area contributed by atoms with Crippen molar-refractivity contribution in [2.45, 2.75) is 24.2 Å². The van der Waals surface area contributed by atoms with Crippen LogP contribution < -0.4 is 10.0 Å². The molecule has 2 saturated heterocycles. The molecule has 2 fully saturated rings. The van der Waals surface area contributed by atoms with Crippen LogP contribution in [0.5, 0.6) is 0 Å². The Bertz CT molecular complexity index is 799. The summed E-state index contributed by atoms with van der Waals surface area (Å²) in [4.78, 5) is 24.2. The second-order valence-corrected chi connectivity index (χ2v) is 8.81. The Labute approximate surface area is 158 Å². The fourth-order valence-electron chi connectivity index (χ4n) is 3.77. The summed E-state index contributed by atoms with van der Waals surface area (Å²) in [5, 5.41) is 14.2. The van der Waals surface area contributed by atoms with E-state index in [1.807, 2.05) is 4.90 Å². The quantitative estimate of drug-likeness (QED) is 0.540. The number of nitrogens with one attached hydrogen (secondary N) is 2. The van der Waals surface area contributed by atoms with Crippen molar-refractivity contribution < 1.29 is 18.1 Å². The number of benzene rings is 1. The van der Waals surface area contributed by atoms with Crippen molar-refractivity contribution in [1.29, 1.82) is 0 Å². The monoisotopic (exact) mass is 396 g/mol. The third-order valence-corrected chi connectivity index (χ3v) is 6.80. The Morgan fingerprint density at radius 3 is 2.56 bits per heavy atom. The van der Waals surface area contributed by atoms with Gasteiger partial charge in [0.15, 0.2) is 0 Å². The standard InChI is InChI=1S/C17H24N4O5S/c22-17(20-8-5-13-11-18-12-14(13)6-9-20)4-7-19-27(25,26)16-3-1-2-15(10-16)21(23)24/h1-3,10,13-14,18-19H,4-9,11-12H2/t13-,14+. The van der Waals surface area contributed by atoms with Gasteiger partial charge in [0, 0.05) is 38.2 Å². The van der Waals surface area contributed by atoms with E-state index in [2.05, 4.69) is 10.0 Å². The molecule has 2 heterocycles. The van der Waals surface area contributed by atoms with E-state index in [0.29, 0.717) is 24.9 Å². The number of non-ortho nitro benzene ring substituents is 1. The highest BCUT2D eigenvalue weighted by Crippen LogP contribution is 2.27. The van der Waals surface area contributed by atoms with Gasteiger partial charge in [-0.25, -0.2) is 13.1 Å². The number of nitrogens with zero attached hydrogens (tertiary/aromatic N) is 2. The third kappa shape index (κ3) is 4.82. The Kier molecular flexibility index (Phi) is 6.08. The maximum absolute atomic E-state index is 12.4. The van der Waals surface area contributed by atoms with Gasteiger partial charge in [-0.3, -0.25) is 14.9 Å². The lowest BCUT2D eigenvalue weighted by atomic mass is 9.92. The van der Waals surface area contributed by atoms with Crippen LogP contribution in [0.2, 0.25) is 0 Å². The zero-order valence-electron chi connectivity index (χ0n) is 15.0. The summed E-state index contributed by atoms with van der Waals surface area (Å²) in [6.45, 7) is 3.40. The van der Waals surface area contributed by atoms with E-state index in [0.717, 1.165) is 32.0 Å². The summed E-state index contributed by atoms with van der Waals surface area (Å²) in [6, 6.07) is 4.85. The first-order valence-corrected chi connectivity index (χ1v) is 10.6. The Balaban J connectivity index is 1.52. The first-order chi connectivity index (χ1) is 12.9. The minimum absolute atomic E-state index is 0.0330. The minimum Gasteiger partial charge on any atom is -0.343 e. The largest absolute Gasteiger partial charge is 0.343 e. The average Bonchev–Trinajstić information content (AvgIpc) is 2.99. The normalized spacial score (nSPS) is 22.9. The molecule has 2 atom stereocenters. The van der Waals surface area contributed by atoms with Crippen molar-refractivity contribution in [3.05, 3.63) is 34.4 Å². The van der Waals surface area contributed by atoms with Crippen molar-refractivity contribution in [3.63, 3.8) is 0 Å². The summed E-state index contributed by atoms with van der Waals surface area (Å²) in [6.07, 6.45) is 2.02. The number of fused-ring (bicyclic) bond motifs is 1. The lowest BCUT2D eigenvalue weighted by molar-refractivity contribution is -0.385. The van der Waals surface area contributed by atoms with E-state index in [9.17, 15) is 23.3 Å². The van der Waals surface area contributed by atoms with Gasteiger partial charge >= 0.3 is 0 Å². The fourth-order valence-corrected chi connectivity index (χ4v) is 4.84. The van der Waals surface area contributed by atoms with E-state index in [4.69, 9.17) is 0 Å². The van der Waals surface area contributed by atoms with E-state index in [1.54, 1.807) is 0 Å². The molecule has 0 saturated carbocycles. The summed E-state index contributed by atoms with van der Waals surface area (Å²) >= 11 is 0. The van der Waals surface area contributed by atoms with Gasteiger partial charge in [0.2, 0.25) is 15.9 Å². The SMILES string of the molecule is O=C(CCNS(=O)(=O)c1cccc([N+](=O)[O-])c1)N1CC[C@@H]2CNC[C@@H]2CC1. The first-order valence-electron chi connectivity index (χ1n) is 9.09. The van der Waals surface area contributed by atoms with Crippen molar-refractivity contribution in [1.82, 2.24) is 14.9 Å². The van der Waals surface area contributed by atoms with Gasteiger partial charge in [-0.2, -0.15) is 0 Å². The number of sulfonamides is 1. The molecule has 2 aliphatic heterocycles. The number of amides is 1. The molecule has 10 heteroatoms. The summed E-state index contributed by atoms with van der Waals surface area (Å²) < 4.78 is 26.9. The average molecular weight is 396 g/mol. The van der Waals surface area contributed by atoms with Crippen LogP contribution in [0.4, 0.5) is 5.69 Å². The van der Waals surface area contributed by atoms with Crippen LogP contribution in [0.25, 0.3) is 0 Å². The van der Waals surface area contributed by atoms with E-state index < -0.39 is 14.9 Å². The zero-order chi connectivity index (χ0) is 19.4. The number of hydrogen-bond donors (Lipinski definition) is 2.